The first kappa shape index (κ1) is 29.4. The van der Waals surface area contributed by atoms with Crippen molar-refractivity contribution in [2.75, 3.05) is 25.0 Å². The number of fused-ring (bicyclic) bond motifs is 1. The first-order valence-electron chi connectivity index (χ1n) is 14.7. The second-order valence-corrected chi connectivity index (χ2v) is 12.1. The highest BCUT2D eigenvalue weighted by molar-refractivity contribution is 7.17. The van der Waals surface area contributed by atoms with Crippen molar-refractivity contribution < 1.29 is 14.0 Å². The Labute approximate surface area is 266 Å². The summed E-state index contributed by atoms with van der Waals surface area (Å²) in [6.07, 6.45) is 8.45. The molecule has 14 heteroatoms. The van der Waals surface area contributed by atoms with Gasteiger partial charge in [0.2, 0.25) is 5.91 Å². The summed E-state index contributed by atoms with van der Waals surface area (Å²) in [6.45, 7) is 3.47. The van der Waals surface area contributed by atoms with Crippen LogP contribution in [0.15, 0.2) is 73.4 Å². The molecule has 7 rings (SSSR count). The summed E-state index contributed by atoms with van der Waals surface area (Å²) >= 11 is 1.29. The predicted molar refractivity (Wildman–Crippen MR) is 172 cm³/mol. The van der Waals surface area contributed by atoms with Gasteiger partial charge < -0.3 is 15.6 Å². The maximum absolute atomic E-state index is 13.8. The van der Waals surface area contributed by atoms with Crippen LogP contribution in [-0.2, 0) is 4.79 Å². The van der Waals surface area contributed by atoms with Crippen molar-refractivity contribution in [2.45, 2.75) is 25.8 Å². The van der Waals surface area contributed by atoms with Crippen molar-refractivity contribution in [3.8, 4) is 33.2 Å². The topological polar surface area (TPSA) is 149 Å². The van der Waals surface area contributed by atoms with Gasteiger partial charge in [-0.25, -0.2) is 23.9 Å². The Morgan fingerprint density at radius 1 is 1.07 bits per heavy atom. The minimum atomic E-state index is -0.342. The number of aromatic nitrogens is 7. The number of hydrogen-bond donors (Lipinski definition) is 2. The molecule has 1 saturated heterocycles. The molecule has 1 aromatic carbocycles. The Hall–Kier alpha value is -5.34. The molecule has 1 aliphatic rings. The second-order valence-electron chi connectivity index (χ2n) is 11.1. The number of nitrogens with two attached hydrogens (primary N) is 1. The highest BCUT2D eigenvalue weighted by Crippen LogP contribution is 2.35. The fourth-order valence-electron chi connectivity index (χ4n) is 5.75. The molecule has 0 spiro atoms. The average Bonchev–Trinajstić information content (AvgIpc) is 3.78. The minimum Gasteiger partial charge on any atom is -0.369 e. The van der Waals surface area contributed by atoms with Crippen LogP contribution in [0.2, 0.25) is 0 Å². The number of imidazole rings is 2. The molecule has 6 heterocycles. The monoisotopic (exact) mass is 636 g/mol. The Bertz CT molecular complexity index is 2050. The molecule has 12 nitrogen and oxygen atoms in total. The molecular weight excluding hydrogens is 607 g/mol. The number of nitrogens with zero attached hydrogens (tertiary/aromatic N) is 8. The molecule has 5 aromatic heterocycles. The lowest BCUT2D eigenvalue weighted by Crippen LogP contribution is -2.40. The van der Waals surface area contributed by atoms with E-state index in [2.05, 4.69) is 29.7 Å². The summed E-state index contributed by atoms with van der Waals surface area (Å²) in [5, 5.41) is 8.47. The van der Waals surface area contributed by atoms with Crippen molar-refractivity contribution in [1.82, 2.24) is 39.0 Å². The Morgan fingerprint density at radius 2 is 1.87 bits per heavy atom. The van der Waals surface area contributed by atoms with E-state index in [1.807, 2.05) is 24.3 Å². The number of aryl methyl sites for hydroxylation is 1. The number of thiazole rings is 1. The lowest BCUT2D eigenvalue weighted by molar-refractivity contribution is -0.119. The fraction of sp³-hybridized carbons (Fsp3) is 0.219. The van der Waals surface area contributed by atoms with E-state index in [1.54, 1.807) is 48.5 Å². The van der Waals surface area contributed by atoms with Gasteiger partial charge in [-0.3, -0.25) is 19.5 Å². The van der Waals surface area contributed by atoms with Gasteiger partial charge in [-0.2, -0.15) is 5.10 Å². The molecule has 0 unspecified atom stereocenters. The van der Waals surface area contributed by atoms with Crippen LogP contribution in [0.25, 0.3) is 38.9 Å². The maximum Gasteiger partial charge on any atom is 0.268 e. The first-order chi connectivity index (χ1) is 22.3. The number of hydrogen-bond acceptors (Lipinski definition) is 9. The van der Waals surface area contributed by atoms with E-state index >= 15 is 0 Å². The first-order valence-corrected chi connectivity index (χ1v) is 15.5. The van der Waals surface area contributed by atoms with E-state index in [4.69, 9.17) is 15.8 Å². The molecule has 0 aliphatic carbocycles. The smallest absolute Gasteiger partial charge is 0.268 e. The summed E-state index contributed by atoms with van der Waals surface area (Å²) in [4.78, 5) is 45.2. The van der Waals surface area contributed by atoms with Gasteiger partial charge >= 0.3 is 0 Å². The number of amides is 2. The number of piperidine rings is 1. The van der Waals surface area contributed by atoms with Gasteiger partial charge in [-0.15, -0.1) is 11.3 Å². The molecule has 46 heavy (non-hydrogen) atoms. The van der Waals surface area contributed by atoms with Crippen molar-refractivity contribution >= 4 is 34.6 Å². The highest BCUT2D eigenvalue weighted by Gasteiger charge is 2.27. The lowest BCUT2D eigenvalue weighted by Gasteiger charge is -2.32. The average molecular weight is 637 g/mol. The molecule has 0 atom stereocenters. The predicted octanol–water partition coefficient (Wildman–Crippen LogP) is 4.60. The van der Waals surface area contributed by atoms with Crippen LogP contribution < -0.4 is 11.1 Å². The Kier molecular flexibility index (Phi) is 7.80. The van der Waals surface area contributed by atoms with E-state index in [0.717, 1.165) is 42.8 Å². The normalized spacial score (nSPS) is 14.1. The van der Waals surface area contributed by atoms with Gasteiger partial charge in [0.1, 0.15) is 21.4 Å². The number of carbonyl (C=O) groups is 2. The number of anilines is 1. The lowest BCUT2D eigenvalue weighted by atomic mass is 10.0. The van der Waals surface area contributed by atoms with Gasteiger partial charge in [0.05, 0.1) is 36.2 Å². The molecule has 232 valence electrons. The highest BCUT2D eigenvalue weighted by atomic mass is 32.1. The molecule has 0 saturated carbocycles. The summed E-state index contributed by atoms with van der Waals surface area (Å²) in [5.41, 5.74) is 10.3. The maximum atomic E-state index is 13.8. The number of likely N-dealkylation sites (tertiary alicyclic amines) is 1. The van der Waals surface area contributed by atoms with Crippen molar-refractivity contribution in [1.29, 1.82) is 0 Å². The second kappa shape index (κ2) is 12.2. The Balaban J connectivity index is 1.19. The van der Waals surface area contributed by atoms with Crippen LogP contribution in [0, 0.1) is 12.7 Å². The van der Waals surface area contributed by atoms with Gasteiger partial charge in [0.15, 0.2) is 11.5 Å². The quantitative estimate of drug-likeness (QED) is 0.246. The summed E-state index contributed by atoms with van der Waals surface area (Å²) in [5.74, 6) is -0.640. The number of carbonyl (C=O) groups excluding carboxylic acids is 2. The molecule has 0 radical (unpaired) electrons. The molecular formula is C32H29FN10O2S. The Morgan fingerprint density at radius 3 is 2.61 bits per heavy atom. The van der Waals surface area contributed by atoms with Gasteiger partial charge in [-0.1, -0.05) is 0 Å². The molecule has 2 amide bonds. The van der Waals surface area contributed by atoms with Crippen LogP contribution in [0.4, 0.5) is 10.2 Å². The van der Waals surface area contributed by atoms with Crippen LogP contribution in [-0.4, -0.2) is 70.5 Å². The number of benzene rings is 1. The molecule has 6 aromatic rings. The third kappa shape index (κ3) is 5.87. The van der Waals surface area contributed by atoms with E-state index in [9.17, 15) is 14.0 Å². The van der Waals surface area contributed by atoms with E-state index < -0.39 is 0 Å². The summed E-state index contributed by atoms with van der Waals surface area (Å²) < 4.78 is 17.5. The van der Waals surface area contributed by atoms with Gasteiger partial charge in [0, 0.05) is 42.7 Å². The zero-order chi connectivity index (χ0) is 31.8. The number of halogens is 1. The zero-order valence-electron chi connectivity index (χ0n) is 24.8. The van der Waals surface area contributed by atoms with Crippen molar-refractivity contribution in [3.63, 3.8) is 0 Å². The zero-order valence-corrected chi connectivity index (χ0v) is 25.6. The third-order valence-electron chi connectivity index (χ3n) is 7.96. The molecule has 1 fully saturated rings. The van der Waals surface area contributed by atoms with Gasteiger partial charge in [0.25, 0.3) is 5.91 Å². The van der Waals surface area contributed by atoms with E-state index in [-0.39, 0.29) is 30.2 Å². The summed E-state index contributed by atoms with van der Waals surface area (Å²) in [7, 11) is 0. The standard InChI is InChI=1S/C32H29FN10O2S/c1-19-30(46-32(37-19)21-3-2-12-35-15-21)31(45)39-26-17-43-27(38-26)9-8-24(40-43)29-28(20-4-6-22(33)7-5-20)36-18-42(29)23-10-13-41(14-11-23)16-25(34)44/h2-9,12,15,17-18,23H,10-11,13-14,16H2,1H3,(H2,34,44)(H,39,45). The molecule has 0 bridgehead atoms. The van der Waals surface area contributed by atoms with Crippen LogP contribution in [0.1, 0.15) is 34.2 Å². The summed E-state index contributed by atoms with van der Waals surface area (Å²) in [6, 6.07) is 13.8. The number of nitrogens with one attached hydrogen (secondary N) is 1. The number of rotatable bonds is 8. The van der Waals surface area contributed by atoms with Crippen LogP contribution in [0.5, 0.6) is 0 Å². The van der Waals surface area contributed by atoms with Crippen molar-refractivity contribution in [2.24, 2.45) is 5.73 Å². The van der Waals surface area contributed by atoms with Crippen molar-refractivity contribution in [3.05, 3.63) is 89.8 Å². The minimum absolute atomic E-state index is 0.107. The van der Waals surface area contributed by atoms with Crippen LogP contribution >= 0.6 is 11.3 Å². The molecule has 3 N–H and O–H groups in total. The third-order valence-corrected chi connectivity index (χ3v) is 9.16. The van der Waals surface area contributed by atoms with E-state index in [1.165, 1.54) is 23.5 Å². The van der Waals surface area contributed by atoms with E-state index in [0.29, 0.717) is 38.4 Å². The SMILES string of the molecule is Cc1nc(-c2cccnc2)sc1C(=O)Nc1cn2nc(-c3c(-c4ccc(F)cc4)ncn3C3CCN(CC(N)=O)CC3)ccc2n1. The number of pyridine rings is 1. The fourth-order valence-corrected chi connectivity index (χ4v) is 6.70. The van der Waals surface area contributed by atoms with Gasteiger partial charge in [-0.05, 0) is 68.3 Å². The number of primary amides is 1. The largest absolute Gasteiger partial charge is 0.369 e. The van der Waals surface area contributed by atoms with Crippen LogP contribution in [0.3, 0.4) is 0 Å². The molecule has 1 aliphatic heterocycles.